The van der Waals surface area contributed by atoms with Crippen molar-refractivity contribution in [3.05, 3.63) is 29.8 Å². The van der Waals surface area contributed by atoms with Gasteiger partial charge in [0.05, 0.1) is 13.2 Å². The van der Waals surface area contributed by atoms with Crippen LogP contribution in [0.2, 0.25) is 0 Å². The summed E-state index contributed by atoms with van der Waals surface area (Å²) < 4.78 is 37.0. The number of hydrogen-bond acceptors (Lipinski definition) is 10. The van der Waals surface area contributed by atoms with Crippen molar-refractivity contribution in [3.63, 3.8) is 0 Å². The lowest BCUT2D eigenvalue weighted by molar-refractivity contribution is -0.172. The van der Waals surface area contributed by atoms with E-state index in [4.69, 9.17) is 18.9 Å². The number of halogens is 1. The first-order chi connectivity index (χ1) is 23.3. The van der Waals surface area contributed by atoms with E-state index in [1.807, 2.05) is 12.1 Å². The number of amides is 2. The second-order valence-corrected chi connectivity index (χ2v) is 14.8. The summed E-state index contributed by atoms with van der Waals surface area (Å²) in [6, 6.07) is 4.78. The number of ether oxygens (including phenoxy) is 4. The van der Waals surface area contributed by atoms with Crippen LogP contribution in [0.4, 0.5) is 14.9 Å². The van der Waals surface area contributed by atoms with Crippen molar-refractivity contribution in [2.75, 3.05) is 45.3 Å². The van der Waals surface area contributed by atoms with E-state index in [0.29, 0.717) is 31.1 Å². The number of carboxylic acid groups (broad SMARTS) is 1. The van der Waals surface area contributed by atoms with Gasteiger partial charge in [-0.3, -0.25) is 9.69 Å². The molecule has 50 heavy (non-hydrogen) atoms. The molecular weight excluding hydrogens is 653 g/mol. The minimum atomic E-state index is -1.91. The molecule has 1 aliphatic heterocycles. The van der Waals surface area contributed by atoms with E-state index < -0.39 is 71.9 Å². The Morgan fingerprint density at radius 1 is 0.940 bits per heavy atom. The summed E-state index contributed by atoms with van der Waals surface area (Å²) in [4.78, 5) is 70.1. The van der Waals surface area contributed by atoms with E-state index in [9.17, 15) is 29.1 Å². The normalized spacial score (nSPS) is 17.5. The third-order valence-corrected chi connectivity index (χ3v) is 8.64. The number of benzene rings is 1. The minimum Gasteiger partial charge on any atom is -0.479 e. The molecule has 1 aromatic carbocycles. The largest absolute Gasteiger partial charge is 0.479 e. The van der Waals surface area contributed by atoms with Gasteiger partial charge in [0.15, 0.2) is 12.2 Å². The molecule has 1 heterocycles. The highest BCUT2D eigenvalue weighted by atomic mass is 19.1. The van der Waals surface area contributed by atoms with Gasteiger partial charge in [-0.25, -0.2) is 23.6 Å². The average Bonchev–Trinajstić information content (AvgIpc) is 3.86. The Bertz CT molecular complexity index is 1330. The predicted molar refractivity (Wildman–Crippen MR) is 182 cm³/mol. The van der Waals surface area contributed by atoms with E-state index >= 15 is 4.39 Å². The molecule has 2 fully saturated rings. The quantitative estimate of drug-likeness (QED) is 0.192. The fourth-order valence-corrected chi connectivity index (χ4v) is 5.53. The van der Waals surface area contributed by atoms with Gasteiger partial charge in [-0.05, 0) is 78.0 Å². The number of rotatable bonds is 16. The molecule has 1 N–H and O–H groups in total. The molecule has 3 rings (SSSR count). The number of carbonyl (C=O) groups excluding carboxylic acids is 4. The van der Waals surface area contributed by atoms with E-state index in [-0.39, 0.29) is 12.8 Å². The maximum absolute atomic E-state index is 15.1. The zero-order valence-corrected chi connectivity index (χ0v) is 30.6. The van der Waals surface area contributed by atoms with Crippen molar-refractivity contribution in [1.29, 1.82) is 0 Å². The molecule has 1 aromatic rings. The summed E-state index contributed by atoms with van der Waals surface area (Å²) in [6.07, 6.45) is -1.56. The number of carbonyl (C=O) groups is 5. The molecule has 0 bridgehead atoms. The summed E-state index contributed by atoms with van der Waals surface area (Å²) in [5.74, 6) is -3.61. The third kappa shape index (κ3) is 12.7. The van der Waals surface area contributed by atoms with Crippen molar-refractivity contribution in [1.82, 2.24) is 9.80 Å². The lowest BCUT2D eigenvalue weighted by Gasteiger charge is -2.34. The third-order valence-electron chi connectivity index (χ3n) is 8.64. The van der Waals surface area contributed by atoms with Crippen molar-refractivity contribution in [2.45, 2.75) is 116 Å². The number of likely N-dealkylation sites (N-methyl/N-ethyl adjacent to an activating group) is 2. The molecule has 0 radical (unpaired) electrons. The molecule has 0 spiro atoms. The molecule has 0 aromatic heterocycles. The van der Waals surface area contributed by atoms with Crippen LogP contribution in [0.3, 0.4) is 0 Å². The van der Waals surface area contributed by atoms with Crippen LogP contribution >= 0.6 is 0 Å². The van der Waals surface area contributed by atoms with Crippen molar-refractivity contribution in [3.8, 4) is 0 Å². The smallest absolute Gasteiger partial charge is 0.410 e. The molecule has 280 valence electrons. The molecule has 13 nitrogen and oxygen atoms in total. The van der Waals surface area contributed by atoms with Gasteiger partial charge in [0, 0.05) is 45.7 Å². The monoisotopic (exact) mass is 707 g/mol. The van der Waals surface area contributed by atoms with Crippen molar-refractivity contribution in [2.24, 2.45) is 5.92 Å². The van der Waals surface area contributed by atoms with E-state index in [1.54, 1.807) is 32.9 Å². The summed E-state index contributed by atoms with van der Waals surface area (Å²) in [5, 5.41) is 9.33. The maximum atomic E-state index is 15.1. The van der Waals surface area contributed by atoms with E-state index in [1.165, 1.54) is 34.9 Å². The summed E-state index contributed by atoms with van der Waals surface area (Å²) >= 11 is 0. The highest BCUT2D eigenvalue weighted by Crippen LogP contribution is 2.35. The van der Waals surface area contributed by atoms with Gasteiger partial charge in [-0.2, -0.15) is 0 Å². The lowest BCUT2D eigenvalue weighted by Crippen LogP contribution is -2.52. The molecule has 2 amide bonds. The molecule has 1 aliphatic carbocycles. The lowest BCUT2D eigenvalue weighted by atomic mass is 9.99. The van der Waals surface area contributed by atoms with Gasteiger partial charge in [-0.1, -0.05) is 25.0 Å². The number of anilines is 1. The zero-order chi connectivity index (χ0) is 37.4. The summed E-state index contributed by atoms with van der Waals surface area (Å²) in [7, 11) is 2.68. The average molecular weight is 708 g/mol. The van der Waals surface area contributed by atoms with Gasteiger partial charge >= 0.3 is 24.0 Å². The highest BCUT2D eigenvalue weighted by Gasteiger charge is 2.41. The molecule has 1 saturated heterocycles. The van der Waals surface area contributed by atoms with E-state index in [0.717, 1.165) is 41.4 Å². The standard InChI is InChI=1S/C36H54FN3O10/c1-23(31(42)43)48-32(44)27(16-13-24-9-10-24)38(7)30(41)29(21-25-11-14-26(15-12-25)40-17-19-47-20-18-40)49-33(45)28(22-36(5,6)37)39(8)34(46)50-35(2,3)4/h11-12,14-15,23-24,27-29H,9-10,13,16-22H2,1-8H3,(H,42,43)/t23-,27+,28+,29-/m1/s1. The van der Waals surface area contributed by atoms with Gasteiger partial charge < -0.3 is 33.9 Å². The topological polar surface area (TPSA) is 152 Å². The summed E-state index contributed by atoms with van der Waals surface area (Å²) in [6.45, 7) is 11.4. The number of alkyl halides is 1. The molecular formula is C36H54FN3O10. The van der Waals surface area contributed by atoms with Crippen LogP contribution in [-0.2, 0) is 44.5 Å². The second kappa shape index (κ2) is 17.3. The Morgan fingerprint density at radius 3 is 2.04 bits per heavy atom. The SMILES string of the molecule is C[C@@H](OC(=O)[C@H](CCC1CC1)N(C)C(=O)[C@@H](Cc1ccc(N2CCOCC2)cc1)OC(=O)[C@H](CC(C)(C)F)N(C)C(=O)OC(C)(C)C)C(=O)O. The number of hydrogen-bond donors (Lipinski definition) is 1. The van der Waals surface area contributed by atoms with Crippen LogP contribution in [0.1, 0.15) is 79.2 Å². The van der Waals surface area contributed by atoms with Gasteiger partial charge in [0.2, 0.25) is 0 Å². The van der Waals surface area contributed by atoms with Crippen LogP contribution in [0.15, 0.2) is 24.3 Å². The Balaban J connectivity index is 1.94. The first-order valence-electron chi connectivity index (χ1n) is 17.2. The second-order valence-electron chi connectivity index (χ2n) is 14.8. The molecule has 1 saturated carbocycles. The van der Waals surface area contributed by atoms with Gasteiger partial charge in [0.1, 0.15) is 23.4 Å². The van der Waals surface area contributed by atoms with Gasteiger partial charge in [0.25, 0.3) is 5.91 Å². The Labute approximate surface area is 294 Å². The first kappa shape index (κ1) is 40.5. The number of aliphatic carboxylic acids is 1. The fourth-order valence-electron chi connectivity index (χ4n) is 5.53. The van der Waals surface area contributed by atoms with Crippen LogP contribution in [0, 0.1) is 5.92 Å². The first-order valence-corrected chi connectivity index (χ1v) is 17.2. The molecule has 14 heteroatoms. The van der Waals surface area contributed by atoms with Crippen molar-refractivity contribution >= 4 is 35.6 Å². The molecule has 0 unspecified atom stereocenters. The van der Waals surface area contributed by atoms with E-state index in [2.05, 4.69) is 4.90 Å². The van der Waals surface area contributed by atoms with Crippen LogP contribution < -0.4 is 4.90 Å². The Morgan fingerprint density at radius 2 is 1.52 bits per heavy atom. The predicted octanol–water partition coefficient (Wildman–Crippen LogP) is 4.38. The van der Waals surface area contributed by atoms with Crippen LogP contribution in [0.5, 0.6) is 0 Å². The van der Waals surface area contributed by atoms with Crippen LogP contribution in [0.25, 0.3) is 0 Å². The zero-order valence-electron chi connectivity index (χ0n) is 30.6. The molecule has 2 aliphatic rings. The number of carboxylic acids is 1. The van der Waals surface area contributed by atoms with Crippen molar-refractivity contribution < 1.29 is 52.4 Å². The van der Waals surface area contributed by atoms with Crippen LogP contribution in [-0.4, -0.2) is 121 Å². The maximum Gasteiger partial charge on any atom is 0.410 e. The Kier molecular flexibility index (Phi) is 14.0. The number of esters is 2. The minimum absolute atomic E-state index is 0.101. The number of nitrogens with zero attached hydrogens (tertiary/aromatic N) is 3. The van der Waals surface area contributed by atoms with Gasteiger partial charge in [-0.15, -0.1) is 0 Å². The highest BCUT2D eigenvalue weighted by molar-refractivity contribution is 5.90. The molecule has 4 atom stereocenters. The number of morpholine rings is 1. The fraction of sp³-hybridized carbons (Fsp3) is 0.694. The summed E-state index contributed by atoms with van der Waals surface area (Å²) in [5.41, 5.74) is -1.22. The Hall–Kier alpha value is -3.94.